The Morgan fingerprint density at radius 1 is 1.42 bits per heavy atom. The fraction of sp³-hybridized carbons (Fsp3) is 1.00. The van der Waals surface area contributed by atoms with Gasteiger partial charge in [-0.25, -0.2) is 0 Å². The SMILES string of the molecule is CC(O)CCN1CC2(CCC2)C1. The van der Waals surface area contributed by atoms with Gasteiger partial charge in [-0.15, -0.1) is 0 Å². The highest BCUT2D eigenvalue weighted by Gasteiger charge is 2.46. The van der Waals surface area contributed by atoms with E-state index in [4.69, 9.17) is 5.11 Å². The van der Waals surface area contributed by atoms with Gasteiger partial charge in [-0.05, 0) is 31.6 Å². The summed E-state index contributed by atoms with van der Waals surface area (Å²) in [5.41, 5.74) is 0.749. The van der Waals surface area contributed by atoms with Gasteiger partial charge in [0.1, 0.15) is 0 Å². The molecule has 2 heteroatoms. The molecule has 2 nitrogen and oxygen atoms in total. The zero-order valence-electron chi connectivity index (χ0n) is 7.92. The minimum Gasteiger partial charge on any atom is -0.393 e. The molecule has 0 aromatic carbocycles. The molecule has 12 heavy (non-hydrogen) atoms. The number of aliphatic hydroxyl groups excluding tert-OH is 1. The third kappa shape index (κ3) is 1.50. The van der Waals surface area contributed by atoms with E-state index < -0.39 is 0 Å². The van der Waals surface area contributed by atoms with Gasteiger partial charge in [0.25, 0.3) is 0 Å². The van der Waals surface area contributed by atoms with Gasteiger partial charge in [-0.2, -0.15) is 0 Å². The molecule has 1 aliphatic carbocycles. The van der Waals surface area contributed by atoms with Gasteiger partial charge >= 0.3 is 0 Å². The molecule has 0 aromatic heterocycles. The molecule has 0 amide bonds. The van der Waals surface area contributed by atoms with Crippen molar-refractivity contribution in [3.63, 3.8) is 0 Å². The molecule has 2 rings (SSSR count). The molecule has 2 aliphatic rings. The predicted molar refractivity (Wildman–Crippen MR) is 49.0 cm³/mol. The molecule has 1 spiro atoms. The van der Waals surface area contributed by atoms with Crippen molar-refractivity contribution in [2.45, 2.75) is 38.7 Å². The molecule has 1 saturated carbocycles. The Morgan fingerprint density at radius 3 is 2.50 bits per heavy atom. The van der Waals surface area contributed by atoms with Crippen molar-refractivity contribution in [2.75, 3.05) is 19.6 Å². The summed E-state index contributed by atoms with van der Waals surface area (Å²) in [6, 6.07) is 0. The highest BCUT2D eigenvalue weighted by molar-refractivity contribution is 5.00. The van der Waals surface area contributed by atoms with E-state index in [2.05, 4.69) is 4.90 Å². The zero-order valence-corrected chi connectivity index (χ0v) is 7.92. The first-order valence-corrected chi connectivity index (χ1v) is 5.11. The summed E-state index contributed by atoms with van der Waals surface area (Å²) in [5.74, 6) is 0. The summed E-state index contributed by atoms with van der Waals surface area (Å²) in [4.78, 5) is 2.48. The Labute approximate surface area is 74.6 Å². The van der Waals surface area contributed by atoms with Crippen LogP contribution in [0.15, 0.2) is 0 Å². The lowest BCUT2D eigenvalue weighted by atomic mass is 9.63. The number of likely N-dealkylation sites (tertiary alicyclic amines) is 1. The highest BCUT2D eigenvalue weighted by Crippen LogP contribution is 2.47. The van der Waals surface area contributed by atoms with Gasteiger partial charge < -0.3 is 10.0 Å². The fourth-order valence-corrected chi connectivity index (χ4v) is 2.42. The van der Waals surface area contributed by atoms with E-state index >= 15 is 0 Å². The molecule has 0 bridgehead atoms. The second kappa shape index (κ2) is 3.00. The standard InChI is InChI=1S/C10H19NO/c1-9(12)3-6-11-7-10(8-11)4-2-5-10/h9,12H,2-8H2,1H3. The molecule has 0 aromatic rings. The third-order valence-corrected chi connectivity index (χ3v) is 3.40. The number of hydrogen-bond donors (Lipinski definition) is 1. The minimum atomic E-state index is -0.122. The van der Waals surface area contributed by atoms with Crippen LogP contribution in [-0.4, -0.2) is 35.7 Å². The van der Waals surface area contributed by atoms with Gasteiger partial charge in [0.05, 0.1) is 6.10 Å². The van der Waals surface area contributed by atoms with E-state index in [0.29, 0.717) is 0 Å². The summed E-state index contributed by atoms with van der Waals surface area (Å²) >= 11 is 0. The molecule has 1 saturated heterocycles. The topological polar surface area (TPSA) is 23.5 Å². The Kier molecular flexibility index (Phi) is 2.13. The van der Waals surface area contributed by atoms with E-state index in [0.717, 1.165) is 18.4 Å². The van der Waals surface area contributed by atoms with E-state index in [1.54, 1.807) is 0 Å². The first kappa shape index (κ1) is 8.52. The van der Waals surface area contributed by atoms with Crippen molar-refractivity contribution in [1.29, 1.82) is 0 Å². The van der Waals surface area contributed by atoms with Crippen molar-refractivity contribution in [3.05, 3.63) is 0 Å². The van der Waals surface area contributed by atoms with Gasteiger partial charge in [0, 0.05) is 19.6 Å². The molecular weight excluding hydrogens is 150 g/mol. The van der Waals surface area contributed by atoms with Crippen LogP contribution in [0.4, 0.5) is 0 Å². The predicted octanol–water partition coefficient (Wildman–Crippen LogP) is 1.24. The van der Waals surface area contributed by atoms with Crippen molar-refractivity contribution in [1.82, 2.24) is 4.90 Å². The molecule has 2 fully saturated rings. The van der Waals surface area contributed by atoms with Crippen LogP contribution in [-0.2, 0) is 0 Å². The average Bonchev–Trinajstić information content (AvgIpc) is 1.79. The second-order valence-electron chi connectivity index (χ2n) is 4.70. The van der Waals surface area contributed by atoms with Crippen LogP contribution in [0.3, 0.4) is 0 Å². The summed E-state index contributed by atoms with van der Waals surface area (Å²) in [7, 11) is 0. The Balaban J connectivity index is 1.62. The van der Waals surface area contributed by atoms with E-state index in [9.17, 15) is 0 Å². The van der Waals surface area contributed by atoms with E-state index in [1.807, 2.05) is 6.92 Å². The van der Waals surface area contributed by atoms with Crippen LogP contribution in [0.1, 0.15) is 32.6 Å². The van der Waals surface area contributed by atoms with E-state index in [-0.39, 0.29) is 6.10 Å². The first-order valence-electron chi connectivity index (χ1n) is 5.11. The smallest absolute Gasteiger partial charge is 0.0524 e. The largest absolute Gasteiger partial charge is 0.393 e. The zero-order chi connectivity index (χ0) is 8.60. The van der Waals surface area contributed by atoms with Crippen molar-refractivity contribution >= 4 is 0 Å². The molecule has 1 heterocycles. The number of nitrogens with zero attached hydrogens (tertiary/aromatic N) is 1. The maximum Gasteiger partial charge on any atom is 0.0524 e. The van der Waals surface area contributed by atoms with Crippen molar-refractivity contribution < 1.29 is 5.11 Å². The maximum atomic E-state index is 9.10. The molecule has 1 unspecified atom stereocenters. The maximum absolute atomic E-state index is 9.10. The monoisotopic (exact) mass is 169 g/mol. The lowest BCUT2D eigenvalue weighted by Crippen LogP contribution is -2.59. The Bertz CT molecular complexity index is 155. The molecular formula is C10H19NO. The second-order valence-corrected chi connectivity index (χ2v) is 4.70. The molecule has 70 valence electrons. The summed E-state index contributed by atoms with van der Waals surface area (Å²) in [5, 5.41) is 9.10. The number of hydrogen-bond acceptors (Lipinski definition) is 2. The normalized spacial score (nSPS) is 29.5. The summed E-state index contributed by atoms with van der Waals surface area (Å²) in [6.45, 7) is 5.58. The van der Waals surface area contributed by atoms with Crippen molar-refractivity contribution in [2.24, 2.45) is 5.41 Å². The summed E-state index contributed by atoms with van der Waals surface area (Å²) < 4.78 is 0. The number of aliphatic hydroxyl groups is 1. The minimum absolute atomic E-state index is 0.122. The quantitative estimate of drug-likeness (QED) is 0.687. The van der Waals surface area contributed by atoms with Crippen LogP contribution in [0.5, 0.6) is 0 Å². The highest BCUT2D eigenvalue weighted by atomic mass is 16.3. The fourth-order valence-electron chi connectivity index (χ4n) is 2.42. The molecule has 1 N–H and O–H groups in total. The van der Waals surface area contributed by atoms with Gasteiger partial charge in [0.15, 0.2) is 0 Å². The van der Waals surface area contributed by atoms with E-state index in [1.165, 1.54) is 32.4 Å². The van der Waals surface area contributed by atoms with Crippen LogP contribution in [0, 0.1) is 5.41 Å². The Hall–Kier alpha value is -0.0800. The van der Waals surface area contributed by atoms with Crippen LogP contribution >= 0.6 is 0 Å². The average molecular weight is 169 g/mol. The van der Waals surface area contributed by atoms with Crippen LogP contribution in [0.2, 0.25) is 0 Å². The van der Waals surface area contributed by atoms with Crippen LogP contribution < -0.4 is 0 Å². The van der Waals surface area contributed by atoms with Gasteiger partial charge in [-0.1, -0.05) is 6.42 Å². The Morgan fingerprint density at radius 2 is 2.08 bits per heavy atom. The van der Waals surface area contributed by atoms with Crippen LogP contribution in [0.25, 0.3) is 0 Å². The first-order chi connectivity index (χ1) is 5.70. The molecule has 1 aliphatic heterocycles. The summed E-state index contributed by atoms with van der Waals surface area (Å²) in [6.07, 6.45) is 5.18. The third-order valence-electron chi connectivity index (χ3n) is 3.40. The lowest BCUT2D eigenvalue weighted by molar-refractivity contribution is -0.0635. The molecule has 1 atom stereocenters. The van der Waals surface area contributed by atoms with Crippen molar-refractivity contribution in [3.8, 4) is 0 Å². The number of rotatable bonds is 3. The molecule has 0 radical (unpaired) electrons. The van der Waals surface area contributed by atoms with Gasteiger partial charge in [-0.3, -0.25) is 0 Å². The van der Waals surface area contributed by atoms with Gasteiger partial charge in [0.2, 0.25) is 0 Å². The lowest BCUT2D eigenvalue weighted by Gasteiger charge is -2.56.